The fourth-order valence-electron chi connectivity index (χ4n) is 2.09. The molecule has 0 amide bonds. The third kappa shape index (κ3) is 1.82. The molecule has 0 aromatic carbocycles. The second-order valence-corrected chi connectivity index (χ2v) is 4.36. The molecule has 0 saturated heterocycles. The minimum atomic E-state index is 0.379. The Morgan fingerprint density at radius 3 is 2.76 bits per heavy atom. The van der Waals surface area contributed by atoms with Crippen LogP contribution in [0.4, 0.5) is 0 Å². The van der Waals surface area contributed by atoms with Crippen molar-refractivity contribution in [1.29, 1.82) is 0 Å². The highest BCUT2D eigenvalue weighted by Gasteiger charge is 2.20. The van der Waals surface area contributed by atoms with E-state index in [0.29, 0.717) is 12.5 Å². The van der Waals surface area contributed by atoms with E-state index < -0.39 is 0 Å². The van der Waals surface area contributed by atoms with Gasteiger partial charge in [0.15, 0.2) is 0 Å². The summed E-state index contributed by atoms with van der Waals surface area (Å²) in [5.74, 6) is 1.41. The Morgan fingerprint density at radius 2 is 2.18 bits per heavy atom. The fourth-order valence-corrected chi connectivity index (χ4v) is 2.09. The quantitative estimate of drug-likeness (QED) is 0.863. The monoisotopic (exact) mass is 229 g/mol. The lowest BCUT2D eigenvalue weighted by Crippen LogP contribution is -2.12. The van der Waals surface area contributed by atoms with Crippen LogP contribution in [0.5, 0.6) is 0 Å². The largest absolute Gasteiger partial charge is 0.324 e. The molecule has 0 radical (unpaired) electrons. The molecule has 0 unspecified atom stereocenters. The van der Waals surface area contributed by atoms with Gasteiger partial charge in [0.1, 0.15) is 12.2 Å². The summed E-state index contributed by atoms with van der Waals surface area (Å²) in [7, 11) is 0. The van der Waals surface area contributed by atoms with Crippen LogP contribution in [0.25, 0.3) is 5.69 Å². The first-order valence-electron chi connectivity index (χ1n) is 5.94. The van der Waals surface area contributed by atoms with Crippen LogP contribution in [0.1, 0.15) is 36.7 Å². The van der Waals surface area contributed by atoms with Crippen molar-refractivity contribution in [2.45, 2.75) is 31.7 Å². The molecule has 1 fully saturated rings. The number of hydrogen-bond donors (Lipinski definition) is 1. The van der Waals surface area contributed by atoms with E-state index in [1.165, 1.54) is 31.3 Å². The molecule has 17 heavy (non-hydrogen) atoms. The van der Waals surface area contributed by atoms with Crippen LogP contribution in [0, 0.1) is 0 Å². The van der Waals surface area contributed by atoms with Gasteiger partial charge in [0.2, 0.25) is 0 Å². The zero-order valence-corrected chi connectivity index (χ0v) is 9.58. The number of pyridine rings is 1. The predicted octanol–water partition coefficient (Wildman–Crippen LogP) is 1.39. The van der Waals surface area contributed by atoms with E-state index in [9.17, 15) is 0 Å². The lowest BCUT2D eigenvalue weighted by molar-refractivity contribution is 0.411. The summed E-state index contributed by atoms with van der Waals surface area (Å²) in [6.07, 6.45) is 7.23. The van der Waals surface area contributed by atoms with Gasteiger partial charge in [-0.1, -0.05) is 6.42 Å². The molecule has 1 aliphatic carbocycles. The standard InChI is InChI=1S/C12H15N5/c13-6-12-15-8-16-17(12)10-4-5-11(14-7-10)9-2-1-3-9/h4-5,7-9H,1-3,6,13H2. The Balaban J connectivity index is 1.88. The first-order valence-corrected chi connectivity index (χ1v) is 5.94. The molecule has 88 valence electrons. The van der Waals surface area contributed by atoms with Gasteiger partial charge in [-0.3, -0.25) is 4.98 Å². The van der Waals surface area contributed by atoms with E-state index in [0.717, 1.165) is 11.5 Å². The molecule has 2 aromatic heterocycles. The van der Waals surface area contributed by atoms with Gasteiger partial charge in [0.25, 0.3) is 0 Å². The smallest absolute Gasteiger partial charge is 0.146 e. The molecule has 5 heteroatoms. The molecular formula is C12H15N5. The van der Waals surface area contributed by atoms with E-state index >= 15 is 0 Å². The van der Waals surface area contributed by atoms with Crippen molar-refractivity contribution in [2.75, 3.05) is 0 Å². The second kappa shape index (κ2) is 4.25. The summed E-state index contributed by atoms with van der Waals surface area (Å²) < 4.78 is 1.73. The summed E-state index contributed by atoms with van der Waals surface area (Å²) in [6.45, 7) is 0.379. The predicted molar refractivity (Wildman–Crippen MR) is 63.6 cm³/mol. The van der Waals surface area contributed by atoms with Gasteiger partial charge in [-0.15, -0.1) is 0 Å². The zero-order chi connectivity index (χ0) is 11.7. The summed E-state index contributed by atoms with van der Waals surface area (Å²) in [5.41, 5.74) is 7.71. The first kappa shape index (κ1) is 10.4. The van der Waals surface area contributed by atoms with E-state index in [2.05, 4.69) is 21.1 Å². The third-order valence-electron chi connectivity index (χ3n) is 3.34. The zero-order valence-electron chi connectivity index (χ0n) is 9.58. The van der Waals surface area contributed by atoms with Crippen LogP contribution in [0.15, 0.2) is 24.7 Å². The van der Waals surface area contributed by atoms with Crippen molar-refractivity contribution in [3.8, 4) is 5.69 Å². The Hall–Kier alpha value is -1.75. The van der Waals surface area contributed by atoms with Crippen LogP contribution < -0.4 is 5.73 Å². The number of nitrogens with zero attached hydrogens (tertiary/aromatic N) is 4. The normalized spacial score (nSPS) is 15.8. The maximum Gasteiger partial charge on any atom is 0.146 e. The molecule has 0 spiro atoms. The molecule has 5 nitrogen and oxygen atoms in total. The SMILES string of the molecule is NCc1ncnn1-c1ccc(C2CCC2)nc1. The second-order valence-electron chi connectivity index (χ2n) is 4.36. The average Bonchev–Trinajstić information content (AvgIpc) is 2.76. The summed E-state index contributed by atoms with van der Waals surface area (Å²) in [4.78, 5) is 8.60. The lowest BCUT2D eigenvalue weighted by Gasteiger charge is -2.24. The van der Waals surface area contributed by atoms with Gasteiger partial charge in [0, 0.05) is 11.6 Å². The van der Waals surface area contributed by atoms with Crippen LogP contribution in [0.2, 0.25) is 0 Å². The Morgan fingerprint density at radius 1 is 1.29 bits per heavy atom. The molecule has 2 heterocycles. The molecule has 0 atom stereocenters. The van der Waals surface area contributed by atoms with E-state index in [1.54, 1.807) is 4.68 Å². The van der Waals surface area contributed by atoms with Crippen molar-refractivity contribution in [3.63, 3.8) is 0 Å². The molecule has 0 aliphatic heterocycles. The molecule has 1 saturated carbocycles. The van der Waals surface area contributed by atoms with Gasteiger partial charge in [-0.2, -0.15) is 5.10 Å². The highest BCUT2D eigenvalue weighted by atomic mass is 15.3. The van der Waals surface area contributed by atoms with Crippen LogP contribution in [0.3, 0.4) is 0 Å². The van der Waals surface area contributed by atoms with Crippen LogP contribution in [-0.4, -0.2) is 19.7 Å². The van der Waals surface area contributed by atoms with Crippen molar-refractivity contribution in [2.24, 2.45) is 5.73 Å². The minimum Gasteiger partial charge on any atom is -0.324 e. The Kier molecular flexibility index (Phi) is 2.60. The molecule has 2 aromatic rings. The van der Waals surface area contributed by atoms with E-state index in [1.807, 2.05) is 12.3 Å². The number of aromatic nitrogens is 4. The van der Waals surface area contributed by atoms with Crippen LogP contribution >= 0.6 is 0 Å². The van der Waals surface area contributed by atoms with Crippen molar-refractivity contribution >= 4 is 0 Å². The van der Waals surface area contributed by atoms with Crippen LogP contribution in [-0.2, 0) is 6.54 Å². The molecule has 1 aliphatic rings. The third-order valence-corrected chi connectivity index (χ3v) is 3.34. The maximum absolute atomic E-state index is 5.60. The summed E-state index contributed by atoms with van der Waals surface area (Å²) in [6, 6.07) is 4.12. The van der Waals surface area contributed by atoms with Crippen molar-refractivity contribution in [1.82, 2.24) is 19.7 Å². The number of nitrogens with two attached hydrogens (primary N) is 1. The van der Waals surface area contributed by atoms with Gasteiger partial charge >= 0.3 is 0 Å². The average molecular weight is 229 g/mol. The highest BCUT2D eigenvalue weighted by Crippen LogP contribution is 2.35. The topological polar surface area (TPSA) is 69.6 Å². The molecule has 2 N–H and O–H groups in total. The van der Waals surface area contributed by atoms with E-state index in [4.69, 9.17) is 5.73 Å². The maximum atomic E-state index is 5.60. The molecule has 0 bridgehead atoms. The summed E-state index contributed by atoms with van der Waals surface area (Å²) in [5, 5.41) is 4.15. The number of rotatable bonds is 3. The van der Waals surface area contributed by atoms with E-state index in [-0.39, 0.29) is 0 Å². The van der Waals surface area contributed by atoms with Gasteiger partial charge in [-0.25, -0.2) is 9.67 Å². The van der Waals surface area contributed by atoms with Crippen molar-refractivity contribution < 1.29 is 0 Å². The van der Waals surface area contributed by atoms with Gasteiger partial charge in [0.05, 0.1) is 18.4 Å². The minimum absolute atomic E-state index is 0.379. The number of hydrogen-bond acceptors (Lipinski definition) is 4. The Labute approximate surface area is 99.7 Å². The molecular weight excluding hydrogens is 214 g/mol. The van der Waals surface area contributed by atoms with Gasteiger partial charge in [-0.05, 0) is 25.0 Å². The first-order chi connectivity index (χ1) is 8.38. The highest BCUT2D eigenvalue weighted by molar-refractivity contribution is 5.30. The van der Waals surface area contributed by atoms with Gasteiger partial charge < -0.3 is 5.73 Å². The lowest BCUT2D eigenvalue weighted by atomic mass is 9.83. The fraction of sp³-hybridized carbons (Fsp3) is 0.417. The van der Waals surface area contributed by atoms with Crippen molar-refractivity contribution in [3.05, 3.63) is 36.2 Å². The molecule has 3 rings (SSSR count). The Bertz CT molecular complexity index is 498. The summed E-state index contributed by atoms with van der Waals surface area (Å²) >= 11 is 0.